The number of hydrogen-bond acceptors (Lipinski definition) is 6. The monoisotopic (exact) mass is 389 g/mol. The van der Waals surface area contributed by atoms with Crippen LogP contribution in [0.15, 0.2) is 35.7 Å². The maximum Gasteiger partial charge on any atom is 0.338 e. The highest BCUT2D eigenvalue weighted by molar-refractivity contribution is 7.10. The average molecular weight is 390 g/mol. The molecule has 2 aromatic rings. The summed E-state index contributed by atoms with van der Waals surface area (Å²) in [6.07, 6.45) is 1.52. The van der Waals surface area contributed by atoms with E-state index in [0.29, 0.717) is 30.5 Å². The molecule has 0 radical (unpaired) electrons. The van der Waals surface area contributed by atoms with Crippen molar-refractivity contribution in [2.24, 2.45) is 0 Å². The van der Waals surface area contributed by atoms with Gasteiger partial charge in [-0.1, -0.05) is 6.92 Å². The van der Waals surface area contributed by atoms with Gasteiger partial charge in [0, 0.05) is 24.0 Å². The van der Waals surface area contributed by atoms with Crippen LogP contribution in [0.5, 0.6) is 5.75 Å². The van der Waals surface area contributed by atoms with E-state index in [2.05, 4.69) is 23.3 Å². The van der Waals surface area contributed by atoms with Gasteiger partial charge < -0.3 is 14.6 Å². The number of rotatable bonds is 8. The molecule has 1 aliphatic rings. The summed E-state index contributed by atoms with van der Waals surface area (Å²) >= 11 is 1.83. The van der Waals surface area contributed by atoms with Crippen molar-refractivity contribution < 1.29 is 19.4 Å². The molecule has 0 unspecified atom stereocenters. The summed E-state index contributed by atoms with van der Waals surface area (Å²) in [6.45, 7) is 6.11. The predicted octanol–water partition coefficient (Wildman–Crippen LogP) is 3.67. The molecule has 2 atom stereocenters. The lowest BCUT2D eigenvalue weighted by molar-refractivity contribution is 0.0477. The molecule has 1 aromatic heterocycles. The fourth-order valence-electron chi connectivity index (χ4n) is 3.56. The Labute approximate surface area is 164 Å². The first-order chi connectivity index (χ1) is 13.1. The molecular weight excluding hydrogens is 362 g/mol. The standard InChI is InChI=1S/C21H27NO4S/c1-3-19-18-10-12-27-20(18)9-11-22(19)13-16(23)14-26-17-7-5-15(6-8-17)21(24)25-4-2/h5-8,10,12,16,19,23H,3-4,9,11,13-14H2,1-2H3/t16-,19-/m0/s1. The first-order valence-corrected chi connectivity index (χ1v) is 10.4. The highest BCUT2D eigenvalue weighted by Crippen LogP contribution is 2.35. The number of carbonyl (C=O) groups is 1. The van der Waals surface area contributed by atoms with Gasteiger partial charge in [0.1, 0.15) is 18.5 Å². The number of esters is 1. The second-order valence-electron chi connectivity index (χ2n) is 6.68. The van der Waals surface area contributed by atoms with Crippen molar-refractivity contribution in [3.63, 3.8) is 0 Å². The molecule has 1 aromatic carbocycles. The van der Waals surface area contributed by atoms with E-state index in [4.69, 9.17) is 9.47 Å². The molecule has 27 heavy (non-hydrogen) atoms. The molecule has 0 amide bonds. The number of aliphatic hydroxyl groups is 1. The minimum absolute atomic E-state index is 0.224. The van der Waals surface area contributed by atoms with Crippen LogP contribution in [0.3, 0.4) is 0 Å². The van der Waals surface area contributed by atoms with Gasteiger partial charge in [0.2, 0.25) is 0 Å². The summed E-state index contributed by atoms with van der Waals surface area (Å²) in [4.78, 5) is 15.5. The summed E-state index contributed by atoms with van der Waals surface area (Å²) in [6, 6.07) is 9.40. The van der Waals surface area contributed by atoms with Crippen molar-refractivity contribution in [2.75, 3.05) is 26.3 Å². The van der Waals surface area contributed by atoms with Crippen LogP contribution in [-0.2, 0) is 11.2 Å². The van der Waals surface area contributed by atoms with E-state index in [9.17, 15) is 9.90 Å². The van der Waals surface area contributed by atoms with Crippen molar-refractivity contribution in [1.29, 1.82) is 0 Å². The van der Waals surface area contributed by atoms with Gasteiger partial charge in [-0.2, -0.15) is 0 Å². The van der Waals surface area contributed by atoms with Gasteiger partial charge in [-0.15, -0.1) is 11.3 Å². The molecule has 0 saturated heterocycles. The van der Waals surface area contributed by atoms with Crippen LogP contribution in [0.25, 0.3) is 0 Å². The predicted molar refractivity (Wildman–Crippen MR) is 107 cm³/mol. The summed E-state index contributed by atoms with van der Waals surface area (Å²) in [5.74, 6) is 0.292. The number of ether oxygens (including phenoxy) is 2. The van der Waals surface area contributed by atoms with Crippen molar-refractivity contribution in [3.05, 3.63) is 51.7 Å². The Bertz CT molecular complexity index is 743. The molecule has 146 valence electrons. The van der Waals surface area contributed by atoms with Gasteiger partial charge in [0.15, 0.2) is 0 Å². The van der Waals surface area contributed by atoms with Crippen molar-refractivity contribution in [2.45, 2.75) is 38.8 Å². The van der Waals surface area contributed by atoms with E-state index in [-0.39, 0.29) is 12.6 Å². The van der Waals surface area contributed by atoms with Gasteiger partial charge in [-0.25, -0.2) is 4.79 Å². The molecule has 0 spiro atoms. The number of benzene rings is 1. The summed E-state index contributed by atoms with van der Waals surface area (Å²) < 4.78 is 10.7. The van der Waals surface area contributed by atoms with Crippen LogP contribution < -0.4 is 4.74 Å². The van der Waals surface area contributed by atoms with Crippen molar-refractivity contribution in [3.8, 4) is 5.75 Å². The van der Waals surface area contributed by atoms with Crippen LogP contribution in [0, 0.1) is 0 Å². The Morgan fingerprint density at radius 2 is 2.07 bits per heavy atom. The molecule has 1 aliphatic heterocycles. The van der Waals surface area contributed by atoms with Crippen LogP contribution in [0.4, 0.5) is 0 Å². The quantitative estimate of drug-likeness (QED) is 0.698. The van der Waals surface area contributed by atoms with Gasteiger partial charge in [0.05, 0.1) is 12.2 Å². The normalized spacial score (nSPS) is 18.0. The minimum Gasteiger partial charge on any atom is -0.491 e. The summed E-state index contributed by atoms with van der Waals surface area (Å²) in [7, 11) is 0. The first-order valence-electron chi connectivity index (χ1n) is 9.50. The van der Waals surface area contributed by atoms with Crippen LogP contribution in [0.2, 0.25) is 0 Å². The summed E-state index contributed by atoms with van der Waals surface area (Å²) in [5, 5.41) is 12.6. The average Bonchev–Trinajstić information content (AvgIpc) is 3.15. The van der Waals surface area contributed by atoms with Crippen LogP contribution in [-0.4, -0.2) is 48.4 Å². The zero-order valence-corrected chi connectivity index (χ0v) is 16.7. The molecule has 2 heterocycles. The molecule has 0 bridgehead atoms. The van der Waals surface area contributed by atoms with Gasteiger partial charge >= 0.3 is 5.97 Å². The Hall–Kier alpha value is -1.89. The Balaban J connectivity index is 1.51. The van der Waals surface area contributed by atoms with E-state index < -0.39 is 6.10 Å². The van der Waals surface area contributed by atoms with Crippen LogP contribution >= 0.6 is 11.3 Å². The van der Waals surface area contributed by atoms with Gasteiger partial charge in [-0.3, -0.25) is 4.90 Å². The third-order valence-corrected chi connectivity index (χ3v) is 5.84. The summed E-state index contributed by atoms with van der Waals surface area (Å²) in [5.41, 5.74) is 1.91. The van der Waals surface area contributed by atoms with E-state index in [0.717, 1.165) is 19.4 Å². The Morgan fingerprint density at radius 3 is 2.78 bits per heavy atom. The minimum atomic E-state index is -0.566. The second-order valence-corrected chi connectivity index (χ2v) is 7.68. The molecule has 0 fully saturated rings. The molecule has 6 heteroatoms. The fourth-order valence-corrected chi connectivity index (χ4v) is 4.49. The smallest absolute Gasteiger partial charge is 0.338 e. The number of fused-ring (bicyclic) bond motifs is 1. The molecule has 3 rings (SSSR count). The lowest BCUT2D eigenvalue weighted by atomic mass is 9.97. The van der Waals surface area contributed by atoms with Gasteiger partial charge in [-0.05, 0) is 61.0 Å². The largest absolute Gasteiger partial charge is 0.491 e. The molecule has 0 aliphatic carbocycles. The number of thiophene rings is 1. The molecule has 1 N–H and O–H groups in total. The van der Waals surface area contributed by atoms with E-state index in [1.807, 2.05) is 11.3 Å². The molecular formula is C21H27NO4S. The lowest BCUT2D eigenvalue weighted by Gasteiger charge is -2.36. The first kappa shape index (κ1) is 19.9. The zero-order chi connectivity index (χ0) is 19.2. The number of carbonyl (C=O) groups excluding carboxylic acids is 1. The number of nitrogens with zero attached hydrogens (tertiary/aromatic N) is 1. The van der Waals surface area contributed by atoms with E-state index >= 15 is 0 Å². The third-order valence-electron chi connectivity index (χ3n) is 4.85. The second kappa shape index (κ2) is 9.35. The molecule has 5 nitrogen and oxygen atoms in total. The van der Waals surface area contributed by atoms with Gasteiger partial charge in [0.25, 0.3) is 0 Å². The zero-order valence-electron chi connectivity index (χ0n) is 15.9. The highest BCUT2D eigenvalue weighted by Gasteiger charge is 2.28. The van der Waals surface area contributed by atoms with Crippen molar-refractivity contribution in [1.82, 2.24) is 4.90 Å². The Kier molecular flexibility index (Phi) is 6.88. The van der Waals surface area contributed by atoms with E-state index in [1.165, 1.54) is 10.4 Å². The third kappa shape index (κ3) is 4.89. The van der Waals surface area contributed by atoms with Crippen molar-refractivity contribution >= 4 is 17.3 Å². The SMILES string of the molecule is CCOC(=O)c1ccc(OC[C@@H](O)CN2CCc3sccc3[C@@H]2CC)cc1. The lowest BCUT2D eigenvalue weighted by Crippen LogP contribution is -2.41. The highest BCUT2D eigenvalue weighted by atomic mass is 32.1. The number of hydrogen-bond donors (Lipinski definition) is 1. The Morgan fingerprint density at radius 1 is 1.30 bits per heavy atom. The fraction of sp³-hybridized carbons (Fsp3) is 0.476. The maximum atomic E-state index is 11.7. The maximum absolute atomic E-state index is 11.7. The number of β-amino-alcohol motifs (C(OH)–C–C–N with tert-alkyl or cyclic N) is 1. The van der Waals surface area contributed by atoms with E-state index in [1.54, 1.807) is 31.2 Å². The number of aliphatic hydroxyl groups excluding tert-OH is 1. The van der Waals surface area contributed by atoms with Crippen LogP contribution in [0.1, 0.15) is 47.1 Å². The topological polar surface area (TPSA) is 59.0 Å². The molecule has 0 saturated carbocycles.